The molecule has 0 spiro atoms. The van der Waals surface area contributed by atoms with Crippen molar-refractivity contribution in [3.63, 3.8) is 0 Å². The van der Waals surface area contributed by atoms with E-state index < -0.39 is 0 Å². The van der Waals surface area contributed by atoms with Crippen LogP contribution in [-0.4, -0.2) is 30.7 Å². The molecule has 3 rings (SSSR count). The SMILES string of the molecule is CNCc1nc(-c2ccc(OC)c(OC)c2)n2ccccc12. The first-order valence-electron chi connectivity index (χ1n) is 7.11. The fourth-order valence-corrected chi connectivity index (χ4v) is 2.58. The van der Waals surface area contributed by atoms with E-state index >= 15 is 0 Å². The number of nitrogens with zero attached hydrogens (tertiary/aromatic N) is 2. The number of hydrogen-bond acceptors (Lipinski definition) is 4. The molecule has 0 atom stereocenters. The van der Waals surface area contributed by atoms with Crippen molar-refractivity contribution < 1.29 is 9.47 Å². The Morgan fingerprint density at radius 1 is 1.09 bits per heavy atom. The zero-order valence-corrected chi connectivity index (χ0v) is 13.0. The van der Waals surface area contributed by atoms with Gasteiger partial charge in [-0.15, -0.1) is 0 Å². The van der Waals surface area contributed by atoms with Crippen molar-refractivity contribution in [3.05, 3.63) is 48.3 Å². The van der Waals surface area contributed by atoms with Crippen LogP contribution in [0.1, 0.15) is 5.69 Å². The lowest BCUT2D eigenvalue weighted by Gasteiger charge is -2.09. The van der Waals surface area contributed by atoms with Gasteiger partial charge in [-0.1, -0.05) is 6.07 Å². The molecule has 0 aliphatic heterocycles. The molecule has 5 heteroatoms. The van der Waals surface area contributed by atoms with Crippen LogP contribution in [0.2, 0.25) is 0 Å². The number of nitrogens with one attached hydrogen (secondary N) is 1. The summed E-state index contributed by atoms with van der Waals surface area (Å²) < 4.78 is 12.8. The van der Waals surface area contributed by atoms with Crippen LogP contribution in [0.15, 0.2) is 42.6 Å². The molecule has 0 saturated heterocycles. The average molecular weight is 297 g/mol. The van der Waals surface area contributed by atoms with E-state index in [1.54, 1.807) is 14.2 Å². The normalized spacial score (nSPS) is 10.9. The summed E-state index contributed by atoms with van der Waals surface area (Å²) in [7, 11) is 5.19. The second-order valence-corrected chi connectivity index (χ2v) is 4.94. The number of benzene rings is 1. The van der Waals surface area contributed by atoms with Crippen LogP contribution in [0.4, 0.5) is 0 Å². The summed E-state index contributed by atoms with van der Waals surface area (Å²) in [6.07, 6.45) is 2.02. The Labute approximate surface area is 129 Å². The fraction of sp³-hybridized carbons (Fsp3) is 0.235. The minimum absolute atomic E-state index is 0.697. The lowest BCUT2D eigenvalue weighted by Crippen LogP contribution is -2.05. The molecule has 0 saturated carbocycles. The maximum absolute atomic E-state index is 5.39. The van der Waals surface area contributed by atoms with Gasteiger partial charge in [0.05, 0.1) is 25.4 Å². The lowest BCUT2D eigenvalue weighted by molar-refractivity contribution is 0.355. The zero-order valence-electron chi connectivity index (χ0n) is 13.0. The highest BCUT2D eigenvalue weighted by molar-refractivity contribution is 5.68. The summed E-state index contributed by atoms with van der Waals surface area (Å²) in [5.41, 5.74) is 3.11. The van der Waals surface area contributed by atoms with Crippen molar-refractivity contribution in [3.8, 4) is 22.9 Å². The fourth-order valence-electron chi connectivity index (χ4n) is 2.58. The third kappa shape index (κ3) is 2.40. The number of pyridine rings is 1. The van der Waals surface area contributed by atoms with E-state index in [4.69, 9.17) is 14.5 Å². The molecule has 1 N–H and O–H groups in total. The van der Waals surface area contributed by atoms with Gasteiger partial charge in [-0.05, 0) is 37.4 Å². The van der Waals surface area contributed by atoms with Crippen molar-refractivity contribution in [2.75, 3.05) is 21.3 Å². The Kier molecular flexibility index (Phi) is 3.98. The predicted octanol–water partition coefficient (Wildman–Crippen LogP) is 2.74. The molecular formula is C17H19N3O2. The quantitative estimate of drug-likeness (QED) is 0.786. The standard InChI is InChI=1S/C17H19N3O2/c1-18-11-13-14-6-4-5-9-20(14)17(19-13)12-7-8-15(21-2)16(10-12)22-3/h4-10,18H,11H2,1-3H3. The highest BCUT2D eigenvalue weighted by Crippen LogP contribution is 2.32. The summed E-state index contributed by atoms with van der Waals surface area (Å²) >= 11 is 0. The molecule has 0 bridgehead atoms. The molecular weight excluding hydrogens is 278 g/mol. The van der Waals surface area contributed by atoms with Crippen molar-refractivity contribution in [2.24, 2.45) is 0 Å². The summed E-state index contributed by atoms with van der Waals surface area (Å²) in [5, 5.41) is 3.16. The molecule has 0 aliphatic rings. The van der Waals surface area contributed by atoms with Gasteiger partial charge in [0.15, 0.2) is 11.5 Å². The van der Waals surface area contributed by atoms with Gasteiger partial charge in [0.2, 0.25) is 0 Å². The van der Waals surface area contributed by atoms with Gasteiger partial charge in [-0.25, -0.2) is 4.98 Å². The molecule has 0 fully saturated rings. The zero-order chi connectivity index (χ0) is 15.5. The van der Waals surface area contributed by atoms with Crippen LogP contribution in [0, 0.1) is 0 Å². The molecule has 5 nitrogen and oxygen atoms in total. The number of imidazole rings is 1. The molecule has 2 heterocycles. The van der Waals surface area contributed by atoms with Crippen LogP contribution in [-0.2, 0) is 6.54 Å². The van der Waals surface area contributed by atoms with Gasteiger partial charge in [-0.3, -0.25) is 4.40 Å². The summed E-state index contributed by atoms with van der Waals surface area (Å²) in [6, 6.07) is 11.9. The third-order valence-corrected chi connectivity index (χ3v) is 3.61. The van der Waals surface area contributed by atoms with Gasteiger partial charge in [0, 0.05) is 18.3 Å². The number of hydrogen-bond donors (Lipinski definition) is 1. The third-order valence-electron chi connectivity index (χ3n) is 3.61. The minimum atomic E-state index is 0.697. The molecule has 0 amide bonds. The molecule has 114 valence electrons. The van der Waals surface area contributed by atoms with E-state index in [0.717, 1.165) is 29.1 Å². The summed E-state index contributed by atoms with van der Waals surface area (Å²) in [4.78, 5) is 4.78. The molecule has 3 aromatic rings. The number of rotatable bonds is 5. The Morgan fingerprint density at radius 3 is 2.64 bits per heavy atom. The Balaban J connectivity index is 2.17. The summed E-state index contributed by atoms with van der Waals surface area (Å²) in [5.74, 6) is 2.30. The van der Waals surface area contributed by atoms with Crippen molar-refractivity contribution in [1.82, 2.24) is 14.7 Å². The Morgan fingerprint density at radius 2 is 1.91 bits per heavy atom. The van der Waals surface area contributed by atoms with E-state index in [2.05, 4.69) is 15.8 Å². The first kappa shape index (κ1) is 14.4. The second-order valence-electron chi connectivity index (χ2n) is 4.94. The molecule has 0 unspecified atom stereocenters. The first-order valence-corrected chi connectivity index (χ1v) is 7.11. The highest BCUT2D eigenvalue weighted by Gasteiger charge is 2.14. The van der Waals surface area contributed by atoms with Gasteiger partial charge in [0.25, 0.3) is 0 Å². The van der Waals surface area contributed by atoms with Crippen LogP contribution in [0.25, 0.3) is 16.9 Å². The van der Waals surface area contributed by atoms with Gasteiger partial charge < -0.3 is 14.8 Å². The van der Waals surface area contributed by atoms with Crippen LogP contribution in [0.5, 0.6) is 11.5 Å². The highest BCUT2D eigenvalue weighted by atomic mass is 16.5. The largest absolute Gasteiger partial charge is 0.493 e. The van der Waals surface area contributed by atoms with Gasteiger partial charge in [-0.2, -0.15) is 0 Å². The average Bonchev–Trinajstić information content (AvgIpc) is 2.93. The Hall–Kier alpha value is -2.53. The number of fused-ring (bicyclic) bond motifs is 1. The van der Waals surface area contributed by atoms with E-state index in [9.17, 15) is 0 Å². The maximum atomic E-state index is 5.39. The topological polar surface area (TPSA) is 47.8 Å². The molecule has 2 aromatic heterocycles. The van der Waals surface area contributed by atoms with Crippen LogP contribution >= 0.6 is 0 Å². The molecule has 0 aliphatic carbocycles. The molecule has 0 radical (unpaired) electrons. The van der Waals surface area contributed by atoms with E-state index in [-0.39, 0.29) is 0 Å². The van der Waals surface area contributed by atoms with Crippen LogP contribution in [0.3, 0.4) is 0 Å². The smallest absolute Gasteiger partial charge is 0.161 e. The van der Waals surface area contributed by atoms with Crippen molar-refractivity contribution in [1.29, 1.82) is 0 Å². The minimum Gasteiger partial charge on any atom is -0.493 e. The molecule has 22 heavy (non-hydrogen) atoms. The molecule has 1 aromatic carbocycles. The van der Waals surface area contributed by atoms with E-state index in [1.807, 2.05) is 43.6 Å². The number of aromatic nitrogens is 2. The van der Waals surface area contributed by atoms with Crippen LogP contribution < -0.4 is 14.8 Å². The summed E-state index contributed by atoms with van der Waals surface area (Å²) in [6.45, 7) is 0.723. The van der Waals surface area contributed by atoms with Crippen molar-refractivity contribution >= 4 is 5.52 Å². The lowest BCUT2D eigenvalue weighted by atomic mass is 10.2. The maximum Gasteiger partial charge on any atom is 0.161 e. The van der Waals surface area contributed by atoms with E-state index in [0.29, 0.717) is 11.5 Å². The number of methoxy groups -OCH3 is 2. The van der Waals surface area contributed by atoms with Crippen molar-refractivity contribution in [2.45, 2.75) is 6.54 Å². The predicted molar refractivity (Wildman–Crippen MR) is 86.5 cm³/mol. The van der Waals surface area contributed by atoms with E-state index in [1.165, 1.54) is 0 Å². The van der Waals surface area contributed by atoms with Gasteiger partial charge >= 0.3 is 0 Å². The monoisotopic (exact) mass is 297 g/mol. The van der Waals surface area contributed by atoms with Gasteiger partial charge in [0.1, 0.15) is 5.82 Å². The number of ether oxygens (including phenoxy) is 2. The first-order chi connectivity index (χ1) is 10.8. The Bertz CT molecular complexity index is 796. The second kappa shape index (κ2) is 6.07.